The van der Waals surface area contributed by atoms with Crippen LogP contribution >= 0.6 is 12.6 Å². The van der Waals surface area contributed by atoms with Gasteiger partial charge >= 0.3 is 6.01 Å². The molecule has 0 amide bonds. The predicted octanol–water partition coefficient (Wildman–Crippen LogP) is 1.45. The van der Waals surface area contributed by atoms with Crippen LogP contribution in [0.4, 0.5) is 5.82 Å². The molecule has 3 rings (SSSR count). The van der Waals surface area contributed by atoms with Crippen LogP contribution in [0.1, 0.15) is 19.4 Å². The van der Waals surface area contributed by atoms with Crippen LogP contribution in [-0.4, -0.2) is 52.1 Å². The van der Waals surface area contributed by atoms with Gasteiger partial charge in [-0.2, -0.15) is 4.98 Å². The molecular formula is C17H28N4O3S. The van der Waals surface area contributed by atoms with E-state index in [1.165, 1.54) is 0 Å². The van der Waals surface area contributed by atoms with Gasteiger partial charge in [0.05, 0.1) is 0 Å². The molecule has 1 aliphatic rings. The fourth-order valence-corrected chi connectivity index (χ4v) is 2.45. The summed E-state index contributed by atoms with van der Waals surface area (Å²) in [5.41, 5.74) is 1.13. The fourth-order valence-electron chi connectivity index (χ4n) is 2.21. The lowest BCUT2D eigenvalue weighted by atomic mass is 10.2. The number of nitrogens with one attached hydrogen (secondary N) is 1. The Kier molecular flexibility index (Phi) is 10.8. The Morgan fingerprint density at radius 3 is 2.52 bits per heavy atom. The maximum absolute atomic E-state index is 5.72. The zero-order chi connectivity index (χ0) is 16.7. The molecule has 0 aliphatic carbocycles. The SMILES string of the molecule is CC.CN1CC(Oc2nccc(NCc3ccccc3S)n2)C1.O.O. The molecule has 8 heteroatoms. The lowest BCUT2D eigenvalue weighted by Gasteiger charge is -2.35. The number of hydrogen-bond donors (Lipinski definition) is 2. The van der Waals surface area contributed by atoms with Crippen molar-refractivity contribution in [1.82, 2.24) is 14.9 Å². The second-order valence-corrected chi connectivity index (χ2v) is 5.65. The van der Waals surface area contributed by atoms with Gasteiger partial charge in [0.1, 0.15) is 11.9 Å². The molecule has 2 heterocycles. The van der Waals surface area contributed by atoms with Crippen molar-refractivity contribution in [2.45, 2.75) is 31.4 Å². The van der Waals surface area contributed by atoms with Crippen LogP contribution in [0.2, 0.25) is 0 Å². The molecule has 1 saturated heterocycles. The number of benzene rings is 1. The Hall–Kier alpha value is -1.87. The van der Waals surface area contributed by atoms with Crippen molar-refractivity contribution in [1.29, 1.82) is 0 Å². The van der Waals surface area contributed by atoms with Crippen LogP contribution in [0.15, 0.2) is 41.4 Å². The van der Waals surface area contributed by atoms with Gasteiger partial charge in [-0.1, -0.05) is 32.0 Å². The lowest BCUT2D eigenvalue weighted by molar-refractivity contribution is 0.0321. The molecule has 2 aromatic rings. The predicted molar refractivity (Wildman–Crippen MR) is 104 cm³/mol. The van der Waals surface area contributed by atoms with Crippen LogP contribution in [0.3, 0.4) is 0 Å². The second kappa shape index (κ2) is 11.6. The van der Waals surface area contributed by atoms with Crippen molar-refractivity contribution < 1.29 is 15.7 Å². The summed E-state index contributed by atoms with van der Waals surface area (Å²) in [4.78, 5) is 11.7. The second-order valence-electron chi connectivity index (χ2n) is 5.17. The van der Waals surface area contributed by atoms with Gasteiger partial charge in [-0.25, -0.2) is 4.98 Å². The highest BCUT2D eigenvalue weighted by Gasteiger charge is 2.25. The molecule has 0 bridgehead atoms. The number of likely N-dealkylation sites (N-methyl/N-ethyl adjacent to an activating group) is 1. The first kappa shape index (κ1) is 23.1. The maximum atomic E-state index is 5.72. The summed E-state index contributed by atoms with van der Waals surface area (Å²) in [5.74, 6) is 0.754. The topological polar surface area (TPSA) is 113 Å². The molecule has 1 aromatic carbocycles. The van der Waals surface area contributed by atoms with Crippen molar-refractivity contribution in [3.8, 4) is 6.01 Å². The molecule has 1 aliphatic heterocycles. The number of anilines is 1. The van der Waals surface area contributed by atoms with E-state index in [-0.39, 0.29) is 17.1 Å². The normalized spacial score (nSPS) is 13.3. The molecule has 1 fully saturated rings. The van der Waals surface area contributed by atoms with Crippen molar-refractivity contribution in [2.24, 2.45) is 0 Å². The zero-order valence-electron chi connectivity index (χ0n) is 14.9. The number of aromatic nitrogens is 2. The van der Waals surface area contributed by atoms with Gasteiger partial charge in [-0.05, 0) is 24.7 Å². The highest BCUT2D eigenvalue weighted by molar-refractivity contribution is 7.80. The molecular weight excluding hydrogens is 340 g/mol. The molecule has 0 atom stereocenters. The molecule has 0 unspecified atom stereocenters. The minimum Gasteiger partial charge on any atom is -0.457 e. The van der Waals surface area contributed by atoms with Gasteiger partial charge in [0.15, 0.2) is 0 Å². The van der Waals surface area contributed by atoms with Crippen LogP contribution in [0.25, 0.3) is 0 Å². The van der Waals surface area contributed by atoms with Gasteiger partial charge in [0, 0.05) is 30.7 Å². The van der Waals surface area contributed by atoms with Crippen LogP contribution in [0, 0.1) is 0 Å². The van der Waals surface area contributed by atoms with Gasteiger partial charge in [0.2, 0.25) is 0 Å². The quantitative estimate of drug-likeness (QED) is 0.776. The average Bonchev–Trinajstić information content (AvgIpc) is 2.55. The third-order valence-corrected chi connectivity index (χ3v) is 3.82. The maximum Gasteiger partial charge on any atom is 0.318 e. The van der Waals surface area contributed by atoms with Gasteiger partial charge < -0.3 is 21.0 Å². The highest BCUT2D eigenvalue weighted by Crippen LogP contribution is 2.17. The smallest absolute Gasteiger partial charge is 0.318 e. The molecule has 25 heavy (non-hydrogen) atoms. The lowest BCUT2D eigenvalue weighted by Crippen LogP contribution is -2.51. The summed E-state index contributed by atoms with van der Waals surface area (Å²) in [6, 6.07) is 10.2. The Labute approximate surface area is 154 Å². The summed E-state index contributed by atoms with van der Waals surface area (Å²) < 4.78 is 5.72. The number of hydrogen-bond acceptors (Lipinski definition) is 6. The monoisotopic (exact) mass is 368 g/mol. The van der Waals surface area contributed by atoms with Crippen molar-refractivity contribution in [2.75, 3.05) is 25.5 Å². The number of rotatable bonds is 5. The van der Waals surface area contributed by atoms with Crippen molar-refractivity contribution in [3.63, 3.8) is 0 Å². The first-order valence-corrected chi connectivity index (χ1v) is 8.34. The first-order chi connectivity index (χ1) is 11.2. The zero-order valence-corrected chi connectivity index (χ0v) is 15.8. The minimum atomic E-state index is 0. The van der Waals surface area contributed by atoms with E-state index in [0.29, 0.717) is 12.6 Å². The molecule has 0 radical (unpaired) electrons. The van der Waals surface area contributed by atoms with E-state index >= 15 is 0 Å². The van der Waals surface area contributed by atoms with E-state index in [4.69, 9.17) is 4.74 Å². The van der Waals surface area contributed by atoms with Crippen LogP contribution in [0.5, 0.6) is 6.01 Å². The van der Waals surface area contributed by atoms with Gasteiger partial charge in [0.25, 0.3) is 0 Å². The molecule has 0 spiro atoms. The Bertz CT molecular complexity index is 624. The molecule has 140 valence electrons. The number of thiol groups is 1. The molecule has 1 aromatic heterocycles. The van der Waals surface area contributed by atoms with Crippen molar-refractivity contribution in [3.05, 3.63) is 42.1 Å². The molecule has 5 N–H and O–H groups in total. The number of likely N-dealkylation sites (tertiary alicyclic amines) is 1. The Balaban J connectivity index is 0.00000139. The van der Waals surface area contributed by atoms with E-state index in [1.54, 1.807) is 6.20 Å². The van der Waals surface area contributed by atoms with Gasteiger partial charge in [-0.15, -0.1) is 12.6 Å². The van der Waals surface area contributed by atoms with Crippen molar-refractivity contribution >= 4 is 18.4 Å². The van der Waals surface area contributed by atoms with E-state index in [1.807, 2.05) is 44.2 Å². The summed E-state index contributed by atoms with van der Waals surface area (Å²) >= 11 is 4.44. The van der Waals surface area contributed by atoms with E-state index in [0.717, 1.165) is 29.4 Å². The minimum absolute atomic E-state index is 0. The average molecular weight is 369 g/mol. The van der Waals surface area contributed by atoms with E-state index in [9.17, 15) is 0 Å². The third kappa shape index (κ3) is 6.87. The summed E-state index contributed by atoms with van der Waals surface area (Å²) in [7, 11) is 2.06. The Morgan fingerprint density at radius 1 is 1.20 bits per heavy atom. The summed E-state index contributed by atoms with van der Waals surface area (Å²) in [5, 5.41) is 3.27. The van der Waals surface area contributed by atoms with Crippen LogP contribution in [-0.2, 0) is 6.54 Å². The molecule has 0 saturated carbocycles. The summed E-state index contributed by atoms with van der Waals surface area (Å²) in [6.07, 6.45) is 1.91. The Morgan fingerprint density at radius 2 is 1.88 bits per heavy atom. The first-order valence-electron chi connectivity index (χ1n) is 7.90. The van der Waals surface area contributed by atoms with Crippen LogP contribution < -0.4 is 10.1 Å². The molecule has 7 nitrogen and oxygen atoms in total. The largest absolute Gasteiger partial charge is 0.457 e. The van der Waals surface area contributed by atoms with Gasteiger partial charge in [-0.3, -0.25) is 4.90 Å². The standard InChI is InChI=1S/C15H18N4OS.C2H6.2H2O/c1-19-9-12(10-19)20-15-16-7-6-14(18-15)17-8-11-4-2-3-5-13(11)21;1-2;;/h2-7,12,21H,8-10H2,1H3,(H,16,17,18);1-2H3;2*1H2. The third-order valence-electron chi connectivity index (χ3n) is 3.39. The number of nitrogens with zero attached hydrogens (tertiary/aromatic N) is 3. The summed E-state index contributed by atoms with van der Waals surface area (Å²) in [6.45, 7) is 6.52. The number of ether oxygens (including phenoxy) is 1. The fraction of sp³-hybridized carbons (Fsp3) is 0.412. The van der Waals surface area contributed by atoms with E-state index < -0.39 is 0 Å². The van der Waals surface area contributed by atoms with E-state index in [2.05, 4.69) is 39.9 Å². The highest BCUT2D eigenvalue weighted by atomic mass is 32.1.